The maximum atomic E-state index is 9.18. The second-order valence-electron chi connectivity index (χ2n) is 4.73. The second-order valence-corrected chi connectivity index (χ2v) is 4.73. The highest BCUT2D eigenvalue weighted by Crippen LogP contribution is 2.22. The van der Waals surface area contributed by atoms with Gasteiger partial charge in [0.15, 0.2) is 5.82 Å². The zero-order valence-electron chi connectivity index (χ0n) is 11.1. The lowest BCUT2D eigenvalue weighted by Crippen LogP contribution is -2.16. The van der Waals surface area contributed by atoms with Crippen molar-refractivity contribution in [3.8, 4) is 11.8 Å². The normalized spacial score (nSPS) is 14.8. The minimum Gasteiger partial charge on any atom is -0.363 e. The molecule has 0 N–H and O–H groups in total. The van der Waals surface area contributed by atoms with Gasteiger partial charge >= 0.3 is 0 Å². The molecule has 1 aromatic heterocycles. The van der Waals surface area contributed by atoms with Crippen LogP contribution in [0.4, 0.5) is 5.82 Å². The van der Waals surface area contributed by atoms with Gasteiger partial charge in [-0.05, 0) is 25.0 Å². The van der Waals surface area contributed by atoms with Crippen LogP contribution >= 0.6 is 0 Å². The number of aromatic nitrogens is 2. The first-order valence-corrected chi connectivity index (χ1v) is 6.70. The third kappa shape index (κ3) is 2.41. The van der Waals surface area contributed by atoms with E-state index in [9.17, 15) is 5.26 Å². The number of para-hydroxylation sites is 1. The molecule has 0 saturated carbocycles. The van der Waals surface area contributed by atoms with E-state index in [1.54, 1.807) is 10.9 Å². The predicted octanol–water partition coefficient (Wildman–Crippen LogP) is 2.50. The molecule has 20 heavy (non-hydrogen) atoms. The summed E-state index contributed by atoms with van der Waals surface area (Å²) in [7, 11) is 0. The molecule has 5 nitrogen and oxygen atoms in total. The van der Waals surface area contributed by atoms with Gasteiger partial charge in [-0.15, -0.1) is 0 Å². The minimum atomic E-state index is 0.490. The smallest absolute Gasteiger partial charge is 0.175 e. The van der Waals surface area contributed by atoms with E-state index < -0.39 is 0 Å². The van der Waals surface area contributed by atoms with Gasteiger partial charge in [0.1, 0.15) is 11.6 Å². The van der Waals surface area contributed by atoms with Crippen molar-refractivity contribution in [3.63, 3.8) is 0 Å². The fourth-order valence-electron chi connectivity index (χ4n) is 2.30. The first-order chi connectivity index (χ1) is 9.88. The Kier molecular flexibility index (Phi) is 3.46. The summed E-state index contributed by atoms with van der Waals surface area (Å²) in [6.45, 7) is 2.07. The maximum Gasteiger partial charge on any atom is 0.175 e. The van der Waals surface area contributed by atoms with Crippen LogP contribution in [-0.2, 0) is 0 Å². The van der Waals surface area contributed by atoms with Crippen molar-refractivity contribution in [1.82, 2.24) is 14.7 Å². The van der Waals surface area contributed by atoms with Crippen molar-refractivity contribution >= 4 is 12.2 Å². The van der Waals surface area contributed by atoms with Gasteiger partial charge in [-0.25, -0.2) is 9.67 Å². The number of benzene rings is 1. The zero-order valence-corrected chi connectivity index (χ0v) is 11.1. The Morgan fingerprint density at radius 2 is 1.95 bits per heavy atom. The Bertz CT molecular complexity index is 645. The van der Waals surface area contributed by atoms with E-state index in [0.717, 1.165) is 18.8 Å². The average molecular weight is 265 g/mol. The second kappa shape index (κ2) is 5.57. The summed E-state index contributed by atoms with van der Waals surface area (Å²) in [4.78, 5) is 6.64. The SMILES string of the molecule is N#Cc1cnn(-c2ccccc2)c1N=CN1CCCC1. The Hall–Kier alpha value is -2.61. The molecule has 1 aliphatic rings. The molecular weight excluding hydrogens is 250 g/mol. The highest BCUT2D eigenvalue weighted by atomic mass is 15.3. The van der Waals surface area contributed by atoms with E-state index in [2.05, 4.69) is 21.1 Å². The van der Waals surface area contributed by atoms with Crippen LogP contribution in [0.5, 0.6) is 0 Å². The largest absolute Gasteiger partial charge is 0.363 e. The molecule has 1 aromatic carbocycles. The molecule has 100 valence electrons. The number of rotatable bonds is 3. The van der Waals surface area contributed by atoms with E-state index in [1.807, 2.05) is 36.7 Å². The minimum absolute atomic E-state index is 0.490. The Morgan fingerprint density at radius 3 is 2.65 bits per heavy atom. The number of nitriles is 1. The number of hydrogen-bond acceptors (Lipinski definition) is 3. The maximum absolute atomic E-state index is 9.18. The molecule has 1 saturated heterocycles. The standard InChI is InChI=1S/C15H15N5/c16-10-13-11-18-20(14-6-2-1-3-7-14)15(13)17-12-19-8-4-5-9-19/h1-3,6-7,11-12H,4-5,8-9H2. The fraction of sp³-hybridized carbons (Fsp3) is 0.267. The third-order valence-corrected chi connectivity index (χ3v) is 3.35. The molecule has 5 heteroatoms. The number of aliphatic imine (C=N–C) groups is 1. The van der Waals surface area contributed by atoms with E-state index in [1.165, 1.54) is 12.8 Å². The van der Waals surface area contributed by atoms with E-state index in [-0.39, 0.29) is 0 Å². The van der Waals surface area contributed by atoms with Gasteiger partial charge in [0.25, 0.3) is 0 Å². The van der Waals surface area contributed by atoms with Crippen molar-refractivity contribution < 1.29 is 0 Å². The third-order valence-electron chi connectivity index (χ3n) is 3.35. The molecule has 0 unspecified atom stereocenters. The first-order valence-electron chi connectivity index (χ1n) is 6.70. The predicted molar refractivity (Wildman–Crippen MR) is 77.2 cm³/mol. The van der Waals surface area contributed by atoms with Crippen molar-refractivity contribution in [2.24, 2.45) is 4.99 Å². The fourth-order valence-corrected chi connectivity index (χ4v) is 2.30. The topological polar surface area (TPSA) is 57.2 Å². The molecule has 1 aliphatic heterocycles. The summed E-state index contributed by atoms with van der Waals surface area (Å²) in [5, 5.41) is 13.4. The number of nitrogens with zero attached hydrogens (tertiary/aromatic N) is 5. The number of hydrogen-bond donors (Lipinski definition) is 0. The molecule has 2 aromatic rings. The average Bonchev–Trinajstić information content (AvgIpc) is 3.15. The van der Waals surface area contributed by atoms with Crippen LogP contribution < -0.4 is 0 Å². The number of likely N-dealkylation sites (tertiary alicyclic amines) is 1. The van der Waals surface area contributed by atoms with E-state index in [0.29, 0.717) is 11.4 Å². The lowest BCUT2D eigenvalue weighted by molar-refractivity contribution is 0.535. The van der Waals surface area contributed by atoms with Crippen molar-refractivity contribution in [2.45, 2.75) is 12.8 Å². The molecule has 0 radical (unpaired) electrons. The van der Waals surface area contributed by atoms with Crippen LogP contribution in [0.25, 0.3) is 5.69 Å². The summed E-state index contributed by atoms with van der Waals surface area (Å²) >= 11 is 0. The van der Waals surface area contributed by atoms with Gasteiger partial charge in [-0.1, -0.05) is 18.2 Å². The summed E-state index contributed by atoms with van der Waals surface area (Å²) in [5.41, 5.74) is 1.40. The molecule has 0 amide bonds. The summed E-state index contributed by atoms with van der Waals surface area (Å²) in [6.07, 6.45) is 5.79. The summed E-state index contributed by atoms with van der Waals surface area (Å²) < 4.78 is 1.70. The van der Waals surface area contributed by atoms with Crippen LogP contribution in [0, 0.1) is 11.3 Å². The highest BCUT2D eigenvalue weighted by molar-refractivity contribution is 5.64. The molecule has 0 aliphatic carbocycles. The monoisotopic (exact) mass is 265 g/mol. The quantitative estimate of drug-likeness (QED) is 0.633. The van der Waals surface area contributed by atoms with Gasteiger partial charge in [-0.2, -0.15) is 10.4 Å². The van der Waals surface area contributed by atoms with Gasteiger partial charge in [0.2, 0.25) is 0 Å². The van der Waals surface area contributed by atoms with Gasteiger partial charge in [-0.3, -0.25) is 0 Å². The van der Waals surface area contributed by atoms with Crippen LogP contribution in [0.2, 0.25) is 0 Å². The summed E-state index contributed by atoms with van der Waals surface area (Å²) in [6, 6.07) is 11.9. The summed E-state index contributed by atoms with van der Waals surface area (Å²) in [5.74, 6) is 0.589. The molecule has 0 bridgehead atoms. The molecule has 2 heterocycles. The lowest BCUT2D eigenvalue weighted by atomic mass is 10.3. The van der Waals surface area contributed by atoms with Crippen molar-refractivity contribution in [3.05, 3.63) is 42.1 Å². The van der Waals surface area contributed by atoms with Gasteiger partial charge < -0.3 is 4.90 Å². The van der Waals surface area contributed by atoms with Crippen molar-refractivity contribution in [1.29, 1.82) is 5.26 Å². The molecule has 0 spiro atoms. The first kappa shape index (κ1) is 12.4. The van der Waals surface area contributed by atoms with Crippen LogP contribution in [0.15, 0.2) is 41.5 Å². The lowest BCUT2D eigenvalue weighted by Gasteiger charge is -2.09. The molecule has 1 fully saturated rings. The van der Waals surface area contributed by atoms with Gasteiger partial charge in [0.05, 0.1) is 18.2 Å². The van der Waals surface area contributed by atoms with Crippen LogP contribution in [0.3, 0.4) is 0 Å². The van der Waals surface area contributed by atoms with E-state index in [4.69, 9.17) is 0 Å². The van der Waals surface area contributed by atoms with Crippen molar-refractivity contribution in [2.75, 3.05) is 13.1 Å². The Morgan fingerprint density at radius 1 is 1.20 bits per heavy atom. The van der Waals surface area contributed by atoms with Gasteiger partial charge in [0, 0.05) is 13.1 Å². The van der Waals surface area contributed by atoms with Crippen LogP contribution in [-0.4, -0.2) is 34.1 Å². The molecule has 0 atom stereocenters. The highest BCUT2D eigenvalue weighted by Gasteiger charge is 2.12. The zero-order chi connectivity index (χ0) is 13.8. The molecule has 3 rings (SSSR count). The Labute approximate surface area is 117 Å². The molecular formula is C15H15N5. The Balaban J connectivity index is 1.96. The van der Waals surface area contributed by atoms with Crippen LogP contribution in [0.1, 0.15) is 18.4 Å². The van der Waals surface area contributed by atoms with E-state index >= 15 is 0 Å².